The van der Waals surface area contributed by atoms with Crippen LogP contribution in [0, 0.1) is 0 Å². The summed E-state index contributed by atoms with van der Waals surface area (Å²) in [5.41, 5.74) is 9.10. The van der Waals surface area contributed by atoms with Gasteiger partial charge in [-0.25, -0.2) is 0 Å². The normalized spacial score (nSPS) is 13.3. The summed E-state index contributed by atoms with van der Waals surface area (Å²) >= 11 is 4.97. The number of para-hydroxylation sites is 1. The molecule has 0 heterocycles. The predicted molar refractivity (Wildman–Crippen MR) is 129 cm³/mol. The molecule has 0 saturated carbocycles. The van der Waals surface area contributed by atoms with Crippen molar-refractivity contribution in [1.29, 1.82) is 0 Å². The van der Waals surface area contributed by atoms with Crippen LogP contribution < -0.4 is 0 Å². The molecule has 0 aliphatic rings. The van der Waals surface area contributed by atoms with Crippen molar-refractivity contribution in [2.75, 3.05) is 0 Å². The Morgan fingerprint density at radius 3 is 1.37 bits per heavy atom. The van der Waals surface area contributed by atoms with Gasteiger partial charge in [0.1, 0.15) is 0 Å². The third kappa shape index (κ3) is 5.30. The van der Waals surface area contributed by atoms with Crippen LogP contribution in [0.4, 0.5) is 5.69 Å². The van der Waals surface area contributed by atoms with Crippen molar-refractivity contribution in [3.05, 3.63) is 64.2 Å². The summed E-state index contributed by atoms with van der Waals surface area (Å²) in [6, 6.07) is 13.1. The summed E-state index contributed by atoms with van der Waals surface area (Å²) in [6.45, 7) is 19.9. The maximum atomic E-state index is 5.18. The van der Waals surface area contributed by atoms with Gasteiger partial charge in [0, 0.05) is 0 Å². The number of benzene rings is 2. The zero-order valence-corrected chi connectivity index (χ0v) is 21.0. The predicted octanol–water partition coefficient (Wildman–Crippen LogP) is 8.22. The fourth-order valence-electron chi connectivity index (χ4n) is 3.95. The number of hydrogen-bond donors (Lipinski definition) is 0. The first-order valence-electron chi connectivity index (χ1n) is 11.1. The molecule has 0 atom stereocenters. The summed E-state index contributed by atoms with van der Waals surface area (Å²) in [5, 5.41) is 0. The van der Waals surface area contributed by atoms with Crippen molar-refractivity contribution in [3.63, 3.8) is 0 Å². The first kappa shape index (κ1) is 24.5. The molecule has 0 N–H and O–H groups in total. The van der Waals surface area contributed by atoms with E-state index in [2.05, 4.69) is 103 Å². The van der Waals surface area contributed by atoms with E-state index in [0.29, 0.717) is 23.7 Å². The molecule has 0 unspecified atom stereocenters. The molecule has 2 aromatic carbocycles. The second kappa shape index (κ2) is 10.5. The van der Waals surface area contributed by atoms with Crippen molar-refractivity contribution in [2.24, 2.45) is 9.07 Å². The first-order chi connectivity index (χ1) is 14.1. The molecule has 0 amide bonds. The first-order valence-corrected chi connectivity index (χ1v) is 11.5. The molecule has 0 spiro atoms. The Hall–Kier alpha value is -1.73. The molecule has 2 rings (SSSR count). The fourth-order valence-corrected chi connectivity index (χ4v) is 4.22. The number of aliphatic imine (C=N–C) groups is 1. The van der Waals surface area contributed by atoms with E-state index in [4.69, 9.17) is 20.7 Å². The number of rotatable bonds is 7. The van der Waals surface area contributed by atoms with E-state index >= 15 is 0 Å². The Labute approximate surface area is 191 Å². The topological polar surface area (TPSA) is 24.7 Å². The molecule has 2 nitrogen and oxygen atoms in total. The quantitative estimate of drug-likeness (QED) is 0.301. The summed E-state index contributed by atoms with van der Waals surface area (Å²) in [5.74, 6) is 1.57. The van der Waals surface area contributed by atoms with Crippen LogP contribution >= 0.6 is 0 Å². The average Bonchev–Trinajstić information content (AvgIpc) is 2.68. The Kier molecular flexibility index (Phi) is 8.62. The molecule has 0 fully saturated rings. The van der Waals surface area contributed by atoms with Crippen LogP contribution in [0.1, 0.15) is 114 Å². The van der Waals surface area contributed by atoms with Gasteiger partial charge in [0.25, 0.3) is 0 Å². The maximum absolute atomic E-state index is 5.18. The van der Waals surface area contributed by atoms with E-state index < -0.39 is 0 Å². The Balaban J connectivity index is 2.76. The third-order valence-electron chi connectivity index (χ3n) is 5.65. The molecule has 30 heavy (non-hydrogen) atoms. The van der Waals surface area contributed by atoms with Gasteiger partial charge in [0.05, 0.1) is 0 Å². The number of nitrogens with zero attached hydrogens (tertiary/aromatic N) is 2. The Bertz CT molecular complexity index is 881. The second-order valence-corrected chi connectivity index (χ2v) is 9.55. The molecular weight excluding hydrogens is 411 g/mol. The van der Waals surface area contributed by atoms with E-state index in [1.54, 1.807) is 0 Å². The van der Waals surface area contributed by atoms with E-state index in [1.807, 2.05) is 0 Å². The van der Waals surface area contributed by atoms with Gasteiger partial charge in [0.2, 0.25) is 0 Å². The molecule has 0 aromatic heterocycles. The molecule has 165 valence electrons. The molecule has 0 aliphatic carbocycles. The van der Waals surface area contributed by atoms with Gasteiger partial charge in [0.15, 0.2) is 0 Å². The van der Waals surface area contributed by atoms with E-state index in [-0.39, 0.29) is 0 Å². The molecule has 2 aromatic rings. The summed E-state index contributed by atoms with van der Waals surface area (Å²) in [6.07, 6.45) is 0. The molecule has 0 radical (unpaired) electrons. The summed E-state index contributed by atoms with van der Waals surface area (Å²) < 4.78 is 4.40. The van der Waals surface area contributed by atoms with Crippen LogP contribution in [0.15, 0.2) is 45.5 Å². The van der Waals surface area contributed by atoms with Crippen molar-refractivity contribution in [1.82, 2.24) is 0 Å². The van der Waals surface area contributed by atoms with Gasteiger partial charge in [-0.15, -0.1) is 0 Å². The van der Waals surface area contributed by atoms with Crippen molar-refractivity contribution >= 4 is 17.1 Å². The SMILES string of the molecule is CC(=Nc1c(C(C)C)cccc1C(C)C)C(=[N][Ni])c1c(C(C)C)cccc1C(C)C. The van der Waals surface area contributed by atoms with E-state index in [1.165, 1.54) is 27.8 Å². The van der Waals surface area contributed by atoms with E-state index in [9.17, 15) is 0 Å². The van der Waals surface area contributed by atoms with Crippen LogP contribution in [0.3, 0.4) is 0 Å². The van der Waals surface area contributed by atoms with Gasteiger partial charge >= 0.3 is 192 Å². The van der Waals surface area contributed by atoms with Crippen molar-refractivity contribution < 1.29 is 15.7 Å². The van der Waals surface area contributed by atoms with Crippen LogP contribution in [-0.4, -0.2) is 11.4 Å². The number of hydrogen-bond acceptors (Lipinski definition) is 2. The van der Waals surface area contributed by atoms with Crippen LogP contribution in [0.5, 0.6) is 0 Å². The van der Waals surface area contributed by atoms with Crippen molar-refractivity contribution in [2.45, 2.75) is 86.0 Å². The van der Waals surface area contributed by atoms with Crippen LogP contribution in [-0.2, 0) is 15.7 Å². The third-order valence-corrected chi connectivity index (χ3v) is 5.87. The minimum absolute atomic E-state index is 0.387. The van der Waals surface area contributed by atoms with Gasteiger partial charge in [-0.2, -0.15) is 0 Å². The van der Waals surface area contributed by atoms with Gasteiger partial charge < -0.3 is 0 Å². The zero-order chi connectivity index (χ0) is 22.6. The monoisotopic (exact) mass is 447 g/mol. The summed E-state index contributed by atoms with van der Waals surface area (Å²) in [4.78, 5) is 5.18. The second-order valence-electron chi connectivity index (χ2n) is 9.33. The molecule has 0 saturated heterocycles. The Morgan fingerprint density at radius 1 is 0.667 bits per heavy atom. The average molecular weight is 448 g/mol. The standard InChI is InChI=1S/C27H37N2.Ni/c1-16(2)21-12-10-13-22(17(3)4)25(21)26(28)20(9)29-27-23(18(5)6)14-11-15-24(27)19(7)8;/h10-19H,1-9H3;/q-1;+1. The molecule has 3 heteroatoms. The van der Waals surface area contributed by atoms with Crippen molar-refractivity contribution in [3.8, 4) is 0 Å². The van der Waals surface area contributed by atoms with E-state index in [0.717, 1.165) is 17.1 Å². The molecular formula is C27H37N2Ni. The summed E-state index contributed by atoms with van der Waals surface area (Å²) in [7, 11) is 0. The van der Waals surface area contributed by atoms with Crippen LogP contribution in [0.2, 0.25) is 0 Å². The van der Waals surface area contributed by atoms with Crippen LogP contribution in [0.25, 0.3) is 0 Å². The van der Waals surface area contributed by atoms with Gasteiger partial charge in [-0.3, -0.25) is 0 Å². The molecule has 0 aliphatic heterocycles. The minimum atomic E-state index is 0.387. The fraction of sp³-hybridized carbons (Fsp3) is 0.481. The van der Waals surface area contributed by atoms with Gasteiger partial charge in [-0.1, -0.05) is 0 Å². The molecule has 0 bridgehead atoms. The zero-order valence-electron chi connectivity index (χ0n) is 20.0. The van der Waals surface area contributed by atoms with Gasteiger partial charge in [-0.05, 0) is 0 Å². The Morgan fingerprint density at radius 2 is 1.03 bits per heavy atom.